The van der Waals surface area contributed by atoms with Gasteiger partial charge in [-0.05, 0) is 49.6 Å². The van der Waals surface area contributed by atoms with Gasteiger partial charge in [-0.25, -0.2) is 4.39 Å². The normalized spacial score (nSPS) is 13.2. The predicted molar refractivity (Wildman–Crippen MR) is 93.5 cm³/mol. The zero-order chi connectivity index (χ0) is 17.5. The Morgan fingerprint density at radius 2 is 1.67 bits per heavy atom. The van der Waals surface area contributed by atoms with Gasteiger partial charge in [-0.2, -0.15) is 0 Å². The summed E-state index contributed by atoms with van der Waals surface area (Å²) in [5.74, 6) is 0.00121. The van der Waals surface area contributed by atoms with Crippen molar-refractivity contribution in [1.82, 2.24) is 5.32 Å². The molecule has 2 atom stereocenters. The molecular formula is C20H24FNO2. The van der Waals surface area contributed by atoms with Crippen LogP contribution in [0.3, 0.4) is 0 Å². The Labute approximate surface area is 142 Å². The molecule has 128 valence electrons. The molecule has 0 aliphatic heterocycles. The number of carbonyl (C=O) groups is 1. The van der Waals surface area contributed by atoms with E-state index in [9.17, 15) is 9.18 Å². The Morgan fingerprint density at radius 1 is 1.04 bits per heavy atom. The third kappa shape index (κ3) is 4.82. The van der Waals surface area contributed by atoms with Crippen LogP contribution in [0.5, 0.6) is 5.75 Å². The minimum Gasteiger partial charge on any atom is -0.481 e. The smallest absolute Gasteiger partial charge is 0.261 e. The topological polar surface area (TPSA) is 38.3 Å². The van der Waals surface area contributed by atoms with Crippen molar-refractivity contribution in [3.8, 4) is 5.75 Å². The highest BCUT2D eigenvalue weighted by molar-refractivity contribution is 5.81. The summed E-state index contributed by atoms with van der Waals surface area (Å²) < 4.78 is 18.7. The molecule has 0 heterocycles. The third-order valence-electron chi connectivity index (χ3n) is 3.96. The van der Waals surface area contributed by atoms with Crippen LogP contribution in [0, 0.1) is 12.7 Å². The van der Waals surface area contributed by atoms with E-state index in [2.05, 4.69) is 5.32 Å². The molecular weight excluding hydrogens is 305 g/mol. The first-order chi connectivity index (χ1) is 11.5. The fourth-order valence-electron chi connectivity index (χ4n) is 2.48. The van der Waals surface area contributed by atoms with Gasteiger partial charge in [0, 0.05) is 0 Å². The molecule has 24 heavy (non-hydrogen) atoms. The average molecular weight is 329 g/mol. The van der Waals surface area contributed by atoms with Crippen LogP contribution in [0.25, 0.3) is 0 Å². The van der Waals surface area contributed by atoms with Crippen molar-refractivity contribution < 1.29 is 13.9 Å². The third-order valence-corrected chi connectivity index (χ3v) is 3.96. The summed E-state index contributed by atoms with van der Waals surface area (Å²) in [6.07, 6.45) is 0.727. The molecule has 0 spiro atoms. The van der Waals surface area contributed by atoms with Crippen LogP contribution in [-0.2, 0) is 4.79 Å². The highest BCUT2D eigenvalue weighted by Crippen LogP contribution is 2.19. The first kappa shape index (κ1) is 18.0. The summed E-state index contributed by atoms with van der Waals surface area (Å²) in [6.45, 7) is 5.96. The maximum Gasteiger partial charge on any atom is 0.261 e. The second kappa shape index (κ2) is 8.48. The second-order valence-corrected chi connectivity index (χ2v) is 5.85. The van der Waals surface area contributed by atoms with Crippen LogP contribution in [0.1, 0.15) is 43.9 Å². The summed E-state index contributed by atoms with van der Waals surface area (Å²) in [5, 5.41) is 3.05. The van der Waals surface area contributed by atoms with Crippen LogP contribution >= 0.6 is 0 Å². The van der Waals surface area contributed by atoms with Gasteiger partial charge in [0.05, 0.1) is 6.04 Å². The molecule has 0 saturated heterocycles. The maximum absolute atomic E-state index is 13.0. The van der Waals surface area contributed by atoms with Crippen LogP contribution in [0.15, 0.2) is 48.5 Å². The number of carbonyl (C=O) groups excluding carboxylic acids is 1. The minimum absolute atomic E-state index is 0.0519. The van der Waals surface area contributed by atoms with Crippen molar-refractivity contribution in [3.63, 3.8) is 0 Å². The van der Waals surface area contributed by atoms with Gasteiger partial charge in [-0.3, -0.25) is 4.79 Å². The van der Waals surface area contributed by atoms with E-state index in [1.165, 1.54) is 29.8 Å². The van der Waals surface area contributed by atoms with Gasteiger partial charge in [0.15, 0.2) is 6.10 Å². The van der Waals surface area contributed by atoms with E-state index < -0.39 is 6.10 Å². The number of rotatable bonds is 7. The number of hydrogen-bond acceptors (Lipinski definition) is 2. The van der Waals surface area contributed by atoms with E-state index in [0.717, 1.165) is 12.0 Å². The SMILES string of the molecule is CC[C@H](Oc1ccc(F)cc1)C(=O)N[C@@H](CC)c1ccc(C)cc1. The highest BCUT2D eigenvalue weighted by Gasteiger charge is 2.21. The number of amides is 1. The van der Waals surface area contributed by atoms with E-state index in [0.29, 0.717) is 12.2 Å². The van der Waals surface area contributed by atoms with Gasteiger partial charge in [0.1, 0.15) is 11.6 Å². The number of aryl methyl sites for hydroxylation is 1. The molecule has 0 saturated carbocycles. The summed E-state index contributed by atoms with van der Waals surface area (Å²) >= 11 is 0. The Bertz CT molecular complexity index is 652. The molecule has 0 bridgehead atoms. The standard InChI is InChI=1S/C20H24FNO2/c1-4-18(15-8-6-14(3)7-9-15)22-20(23)19(5-2)24-17-12-10-16(21)11-13-17/h6-13,18-19H,4-5H2,1-3H3,(H,22,23)/t18-,19-/m0/s1. The van der Waals surface area contributed by atoms with Gasteiger partial charge in [0.25, 0.3) is 5.91 Å². The van der Waals surface area contributed by atoms with Gasteiger partial charge < -0.3 is 10.1 Å². The zero-order valence-electron chi connectivity index (χ0n) is 14.4. The molecule has 0 aliphatic rings. The van der Waals surface area contributed by atoms with E-state index in [1.807, 2.05) is 45.0 Å². The fraction of sp³-hybridized carbons (Fsp3) is 0.350. The average Bonchev–Trinajstić information content (AvgIpc) is 2.59. The summed E-state index contributed by atoms with van der Waals surface area (Å²) in [6, 6.07) is 13.8. The van der Waals surface area contributed by atoms with Crippen molar-refractivity contribution in [2.45, 2.75) is 45.8 Å². The highest BCUT2D eigenvalue weighted by atomic mass is 19.1. The molecule has 1 N–H and O–H groups in total. The van der Waals surface area contributed by atoms with Crippen LogP contribution in [0.4, 0.5) is 4.39 Å². The molecule has 0 radical (unpaired) electrons. The lowest BCUT2D eigenvalue weighted by Crippen LogP contribution is -2.39. The van der Waals surface area contributed by atoms with E-state index in [4.69, 9.17) is 4.74 Å². The largest absolute Gasteiger partial charge is 0.481 e. The lowest BCUT2D eigenvalue weighted by atomic mass is 10.0. The van der Waals surface area contributed by atoms with Crippen molar-refractivity contribution in [3.05, 3.63) is 65.5 Å². The van der Waals surface area contributed by atoms with Crippen LogP contribution < -0.4 is 10.1 Å². The quantitative estimate of drug-likeness (QED) is 0.809. The fourth-order valence-corrected chi connectivity index (χ4v) is 2.48. The van der Waals surface area contributed by atoms with Crippen LogP contribution in [0.2, 0.25) is 0 Å². The molecule has 0 aromatic heterocycles. The molecule has 2 aromatic carbocycles. The van der Waals surface area contributed by atoms with Crippen molar-refractivity contribution in [2.75, 3.05) is 0 Å². The molecule has 2 aromatic rings. The Kier molecular flexibility index (Phi) is 6.36. The first-order valence-electron chi connectivity index (χ1n) is 8.32. The minimum atomic E-state index is -0.602. The van der Waals surface area contributed by atoms with Crippen molar-refractivity contribution >= 4 is 5.91 Å². The number of benzene rings is 2. The second-order valence-electron chi connectivity index (χ2n) is 5.85. The number of nitrogens with one attached hydrogen (secondary N) is 1. The summed E-state index contributed by atoms with van der Waals surface area (Å²) in [5.41, 5.74) is 2.26. The zero-order valence-corrected chi connectivity index (χ0v) is 14.4. The Hall–Kier alpha value is -2.36. The van der Waals surface area contributed by atoms with Gasteiger partial charge in [-0.15, -0.1) is 0 Å². The lowest BCUT2D eigenvalue weighted by Gasteiger charge is -2.22. The maximum atomic E-state index is 13.0. The molecule has 4 heteroatoms. The predicted octanol–water partition coefficient (Wildman–Crippen LogP) is 4.56. The van der Waals surface area contributed by atoms with Gasteiger partial charge in [0.2, 0.25) is 0 Å². The Morgan fingerprint density at radius 3 is 2.21 bits per heavy atom. The molecule has 0 aliphatic carbocycles. The van der Waals surface area contributed by atoms with E-state index in [1.54, 1.807) is 0 Å². The van der Waals surface area contributed by atoms with Gasteiger partial charge in [-0.1, -0.05) is 43.7 Å². The molecule has 3 nitrogen and oxygen atoms in total. The molecule has 0 unspecified atom stereocenters. The molecule has 2 rings (SSSR count). The number of ether oxygens (including phenoxy) is 1. The van der Waals surface area contributed by atoms with Crippen LogP contribution in [-0.4, -0.2) is 12.0 Å². The Balaban J connectivity index is 2.04. The monoisotopic (exact) mass is 329 g/mol. The lowest BCUT2D eigenvalue weighted by molar-refractivity contribution is -0.128. The first-order valence-corrected chi connectivity index (χ1v) is 8.32. The summed E-state index contributed by atoms with van der Waals surface area (Å²) in [7, 11) is 0. The number of hydrogen-bond donors (Lipinski definition) is 1. The summed E-state index contributed by atoms with van der Waals surface area (Å²) in [4.78, 5) is 12.5. The number of halogens is 1. The van der Waals surface area contributed by atoms with E-state index in [-0.39, 0.29) is 17.8 Å². The molecule has 0 fully saturated rings. The molecule has 1 amide bonds. The van der Waals surface area contributed by atoms with E-state index >= 15 is 0 Å². The van der Waals surface area contributed by atoms with Crippen molar-refractivity contribution in [2.24, 2.45) is 0 Å². The van der Waals surface area contributed by atoms with Gasteiger partial charge >= 0.3 is 0 Å². The van der Waals surface area contributed by atoms with Crippen molar-refractivity contribution in [1.29, 1.82) is 0 Å².